The number of thiophene rings is 1. The van der Waals surface area contributed by atoms with Crippen molar-refractivity contribution in [1.29, 1.82) is 0 Å². The molecule has 0 aliphatic rings. The standard InChI is InChI=1S/C11H19NS/c1-8-7-10(9(2)13-8)5-6-11(3,4)12/h7H,5-6,12H2,1-4H3. The summed E-state index contributed by atoms with van der Waals surface area (Å²) in [5.74, 6) is 0. The Morgan fingerprint density at radius 3 is 2.38 bits per heavy atom. The molecule has 0 amide bonds. The lowest BCUT2D eigenvalue weighted by Crippen LogP contribution is -2.32. The maximum atomic E-state index is 5.94. The van der Waals surface area contributed by atoms with E-state index < -0.39 is 0 Å². The molecule has 0 saturated heterocycles. The van der Waals surface area contributed by atoms with E-state index in [1.54, 1.807) is 0 Å². The van der Waals surface area contributed by atoms with Gasteiger partial charge in [0.05, 0.1) is 0 Å². The number of rotatable bonds is 3. The summed E-state index contributed by atoms with van der Waals surface area (Å²) in [5, 5.41) is 0. The van der Waals surface area contributed by atoms with Crippen LogP contribution in [0.15, 0.2) is 6.07 Å². The van der Waals surface area contributed by atoms with Crippen molar-refractivity contribution in [2.75, 3.05) is 0 Å². The Morgan fingerprint density at radius 2 is 2.00 bits per heavy atom. The fraction of sp³-hybridized carbons (Fsp3) is 0.636. The highest BCUT2D eigenvalue weighted by Gasteiger charge is 2.12. The third kappa shape index (κ3) is 3.49. The molecule has 0 unspecified atom stereocenters. The van der Waals surface area contributed by atoms with Crippen molar-refractivity contribution in [1.82, 2.24) is 0 Å². The van der Waals surface area contributed by atoms with E-state index in [4.69, 9.17) is 5.73 Å². The minimum atomic E-state index is -0.0394. The summed E-state index contributed by atoms with van der Waals surface area (Å²) in [5.41, 5.74) is 7.38. The van der Waals surface area contributed by atoms with Crippen LogP contribution in [0.25, 0.3) is 0 Å². The molecule has 1 aromatic heterocycles. The first kappa shape index (κ1) is 10.7. The van der Waals surface area contributed by atoms with Crippen LogP contribution in [0.1, 0.15) is 35.6 Å². The van der Waals surface area contributed by atoms with Crippen molar-refractivity contribution in [3.8, 4) is 0 Å². The summed E-state index contributed by atoms with van der Waals surface area (Å²) >= 11 is 1.88. The van der Waals surface area contributed by atoms with E-state index in [0.717, 1.165) is 12.8 Å². The molecule has 2 N–H and O–H groups in total. The van der Waals surface area contributed by atoms with Gasteiger partial charge >= 0.3 is 0 Å². The molecule has 1 nitrogen and oxygen atoms in total. The largest absolute Gasteiger partial charge is 0.326 e. The highest BCUT2D eigenvalue weighted by atomic mass is 32.1. The summed E-state index contributed by atoms with van der Waals surface area (Å²) in [7, 11) is 0. The van der Waals surface area contributed by atoms with E-state index in [1.165, 1.54) is 15.3 Å². The minimum Gasteiger partial charge on any atom is -0.326 e. The van der Waals surface area contributed by atoms with E-state index in [-0.39, 0.29) is 5.54 Å². The lowest BCUT2D eigenvalue weighted by Gasteiger charge is -2.17. The Morgan fingerprint density at radius 1 is 1.38 bits per heavy atom. The van der Waals surface area contributed by atoms with Gasteiger partial charge in [0.2, 0.25) is 0 Å². The summed E-state index contributed by atoms with van der Waals surface area (Å²) in [6.45, 7) is 8.52. The van der Waals surface area contributed by atoms with Gasteiger partial charge in [0.25, 0.3) is 0 Å². The van der Waals surface area contributed by atoms with Gasteiger partial charge < -0.3 is 5.73 Å². The number of aryl methyl sites for hydroxylation is 3. The molecule has 0 aliphatic heterocycles. The summed E-state index contributed by atoms with van der Waals surface area (Å²) in [4.78, 5) is 2.85. The molecule has 1 rings (SSSR count). The molecule has 13 heavy (non-hydrogen) atoms. The van der Waals surface area contributed by atoms with Crippen LogP contribution in [0.3, 0.4) is 0 Å². The van der Waals surface area contributed by atoms with E-state index >= 15 is 0 Å². The molecule has 0 atom stereocenters. The van der Waals surface area contributed by atoms with Gasteiger partial charge in [0.1, 0.15) is 0 Å². The smallest absolute Gasteiger partial charge is 0.0100 e. The molecule has 0 bridgehead atoms. The third-order valence-corrected chi connectivity index (χ3v) is 3.19. The van der Waals surface area contributed by atoms with Crippen molar-refractivity contribution in [3.63, 3.8) is 0 Å². The third-order valence-electron chi connectivity index (χ3n) is 2.18. The fourth-order valence-electron chi connectivity index (χ4n) is 1.39. The topological polar surface area (TPSA) is 26.0 Å². The minimum absolute atomic E-state index is 0.0394. The first-order chi connectivity index (χ1) is 5.88. The molecule has 2 heteroatoms. The number of hydrogen-bond acceptors (Lipinski definition) is 2. The Bertz CT molecular complexity index is 281. The Labute approximate surface area is 85.0 Å². The second-order valence-corrected chi connectivity index (χ2v) is 5.89. The monoisotopic (exact) mass is 197 g/mol. The first-order valence-corrected chi connectivity index (χ1v) is 5.55. The highest BCUT2D eigenvalue weighted by Crippen LogP contribution is 2.23. The summed E-state index contributed by atoms with van der Waals surface area (Å²) in [6.07, 6.45) is 2.17. The Balaban J connectivity index is 2.59. The van der Waals surface area contributed by atoms with E-state index in [9.17, 15) is 0 Å². The van der Waals surface area contributed by atoms with Gasteiger partial charge in [-0.2, -0.15) is 0 Å². The van der Waals surface area contributed by atoms with Gasteiger partial charge in [-0.1, -0.05) is 0 Å². The van der Waals surface area contributed by atoms with Crippen LogP contribution in [-0.4, -0.2) is 5.54 Å². The second kappa shape index (κ2) is 3.81. The quantitative estimate of drug-likeness (QED) is 0.792. The van der Waals surface area contributed by atoms with Crippen molar-refractivity contribution in [2.24, 2.45) is 5.73 Å². The molecule has 0 saturated carbocycles. The molecule has 1 aromatic rings. The first-order valence-electron chi connectivity index (χ1n) is 4.73. The van der Waals surface area contributed by atoms with Crippen LogP contribution in [0.5, 0.6) is 0 Å². The molecule has 0 radical (unpaired) electrons. The van der Waals surface area contributed by atoms with Gasteiger partial charge in [0, 0.05) is 15.3 Å². The number of nitrogens with two attached hydrogens (primary N) is 1. The zero-order valence-corrected chi connectivity index (χ0v) is 9.79. The lowest BCUT2D eigenvalue weighted by molar-refractivity contribution is 0.477. The maximum absolute atomic E-state index is 5.94. The van der Waals surface area contributed by atoms with Gasteiger partial charge in [-0.3, -0.25) is 0 Å². The van der Waals surface area contributed by atoms with E-state index in [0.29, 0.717) is 0 Å². The molecular formula is C11H19NS. The predicted octanol–water partition coefficient (Wildman–Crippen LogP) is 3.03. The Hall–Kier alpha value is -0.340. The molecule has 0 aliphatic carbocycles. The zero-order valence-electron chi connectivity index (χ0n) is 8.98. The molecule has 1 heterocycles. The molecule has 0 fully saturated rings. The van der Waals surface area contributed by atoms with Crippen molar-refractivity contribution >= 4 is 11.3 Å². The average Bonchev–Trinajstić information content (AvgIpc) is 2.24. The van der Waals surface area contributed by atoms with Crippen LogP contribution in [0.4, 0.5) is 0 Å². The zero-order chi connectivity index (χ0) is 10.1. The highest BCUT2D eigenvalue weighted by molar-refractivity contribution is 7.12. The van der Waals surface area contributed by atoms with Gasteiger partial charge in [-0.05, 0) is 52.2 Å². The van der Waals surface area contributed by atoms with E-state index in [1.807, 2.05) is 11.3 Å². The van der Waals surface area contributed by atoms with Crippen molar-refractivity contribution in [3.05, 3.63) is 21.4 Å². The average molecular weight is 197 g/mol. The second-order valence-electron chi connectivity index (χ2n) is 4.43. The van der Waals surface area contributed by atoms with Crippen LogP contribution in [0.2, 0.25) is 0 Å². The van der Waals surface area contributed by atoms with Crippen LogP contribution in [-0.2, 0) is 6.42 Å². The molecular weight excluding hydrogens is 178 g/mol. The van der Waals surface area contributed by atoms with Crippen LogP contribution < -0.4 is 5.73 Å². The van der Waals surface area contributed by atoms with Crippen LogP contribution >= 0.6 is 11.3 Å². The Kier molecular flexibility index (Phi) is 3.14. The maximum Gasteiger partial charge on any atom is 0.0100 e. The SMILES string of the molecule is Cc1cc(CCC(C)(C)N)c(C)s1. The fourth-order valence-corrected chi connectivity index (χ4v) is 2.36. The van der Waals surface area contributed by atoms with Crippen molar-refractivity contribution < 1.29 is 0 Å². The van der Waals surface area contributed by atoms with Gasteiger partial charge in [0.15, 0.2) is 0 Å². The normalized spacial score (nSPS) is 12.1. The lowest BCUT2D eigenvalue weighted by atomic mass is 9.97. The number of hydrogen-bond donors (Lipinski definition) is 1. The van der Waals surface area contributed by atoms with E-state index in [2.05, 4.69) is 33.8 Å². The van der Waals surface area contributed by atoms with Gasteiger partial charge in [-0.15, -0.1) is 11.3 Å². The predicted molar refractivity (Wildman–Crippen MR) is 60.4 cm³/mol. The van der Waals surface area contributed by atoms with Gasteiger partial charge in [-0.25, -0.2) is 0 Å². The summed E-state index contributed by atoms with van der Waals surface area (Å²) < 4.78 is 0. The molecule has 0 aromatic carbocycles. The molecule has 0 spiro atoms. The van der Waals surface area contributed by atoms with Crippen LogP contribution in [0, 0.1) is 13.8 Å². The van der Waals surface area contributed by atoms with Crippen molar-refractivity contribution in [2.45, 2.75) is 46.1 Å². The molecule has 74 valence electrons. The summed E-state index contributed by atoms with van der Waals surface area (Å²) in [6, 6.07) is 2.28.